The summed E-state index contributed by atoms with van der Waals surface area (Å²) in [6, 6.07) is 13.9. The second-order valence-corrected chi connectivity index (χ2v) is 5.76. The van der Waals surface area contributed by atoms with Gasteiger partial charge in [-0.1, -0.05) is 36.4 Å². The first-order valence-corrected chi connectivity index (χ1v) is 7.91. The molecule has 1 fully saturated rings. The van der Waals surface area contributed by atoms with Crippen LogP contribution in [-0.2, 0) is 4.79 Å². The minimum atomic E-state index is -0.0566. The summed E-state index contributed by atoms with van der Waals surface area (Å²) in [4.78, 5) is 11.9. The highest BCUT2D eigenvalue weighted by Crippen LogP contribution is 2.24. The molecular formula is C18H22N2O2. The number of carbonyl (C=O) groups is 1. The number of hydrogen-bond acceptors (Lipinski definition) is 3. The molecule has 0 saturated carbocycles. The van der Waals surface area contributed by atoms with Gasteiger partial charge in [0.05, 0.1) is 0 Å². The summed E-state index contributed by atoms with van der Waals surface area (Å²) in [5.74, 6) is 1.39. The van der Waals surface area contributed by atoms with Gasteiger partial charge in [0.1, 0.15) is 5.75 Å². The summed E-state index contributed by atoms with van der Waals surface area (Å²) in [6.07, 6.45) is 2.25. The Morgan fingerprint density at radius 3 is 2.95 bits per heavy atom. The molecule has 2 N–H and O–H groups in total. The van der Waals surface area contributed by atoms with Crippen molar-refractivity contribution in [2.45, 2.75) is 12.8 Å². The minimum absolute atomic E-state index is 0.0566. The van der Waals surface area contributed by atoms with Crippen molar-refractivity contribution in [1.82, 2.24) is 10.6 Å². The van der Waals surface area contributed by atoms with E-state index in [1.54, 1.807) is 0 Å². The van der Waals surface area contributed by atoms with Crippen LogP contribution in [0, 0.1) is 5.92 Å². The second-order valence-electron chi connectivity index (χ2n) is 5.76. The molecule has 4 nitrogen and oxygen atoms in total. The molecule has 2 aromatic carbocycles. The van der Waals surface area contributed by atoms with Gasteiger partial charge in [-0.2, -0.15) is 0 Å². The molecule has 3 rings (SSSR count). The molecular weight excluding hydrogens is 276 g/mol. The van der Waals surface area contributed by atoms with Crippen LogP contribution in [0.25, 0.3) is 10.8 Å². The Kier molecular flexibility index (Phi) is 4.91. The number of fused-ring (bicyclic) bond motifs is 1. The molecule has 1 unspecified atom stereocenters. The zero-order valence-electron chi connectivity index (χ0n) is 12.7. The number of amides is 1. The lowest BCUT2D eigenvalue weighted by Gasteiger charge is -2.11. The van der Waals surface area contributed by atoms with Crippen LogP contribution < -0.4 is 15.4 Å². The molecule has 0 radical (unpaired) electrons. The lowest BCUT2D eigenvalue weighted by molar-refractivity contribution is -0.123. The van der Waals surface area contributed by atoms with Gasteiger partial charge in [-0.3, -0.25) is 4.79 Å². The maximum Gasteiger partial charge on any atom is 0.257 e. The van der Waals surface area contributed by atoms with Crippen LogP contribution in [0.1, 0.15) is 12.8 Å². The molecule has 0 aliphatic carbocycles. The molecule has 2 aromatic rings. The first-order valence-electron chi connectivity index (χ1n) is 7.91. The van der Waals surface area contributed by atoms with E-state index in [0.717, 1.165) is 42.6 Å². The lowest BCUT2D eigenvalue weighted by Crippen LogP contribution is -2.30. The van der Waals surface area contributed by atoms with Crippen molar-refractivity contribution in [2.24, 2.45) is 5.92 Å². The van der Waals surface area contributed by atoms with E-state index in [9.17, 15) is 4.79 Å². The monoisotopic (exact) mass is 298 g/mol. The predicted molar refractivity (Wildman–Crippen MR) is 88.0 cm³/mol. The summed E-state index contributed by atoms with van der Waals surface area (Å²) in [6.45, 7) is 2.96. The van der Waals surface area contributed by atoms with Crippen molar-refractivity contribution in [2.75, 3.05) is 26.2 Å². The summed E-state index contributed by atoms with van der Waals surface area (Å²) in [5.41, 5.74) is 0. The Labute approximate surface area is 130 Å². The average Bonchev–Trinajstić information content (AvgIpc) is 3.06. The average molecular weight is 298 g/mol. The van der Waals surface area contributed by atoms with Gasteiger partial charge in [-0.25, -0.2) is 0 Å². The predicted octanol–water partition coefficient (Wildman–Crippen LogP) is 2.33. The topological polar surface area (TPSA) is 50.4 Å². The molecule has 1 amide bonds. The van der Waals surface area contributed by atoms with E-state index in [0.29, 0.717) is 5.92 Å². The third kappa shape index (κ3) is 3.77. The quantitative estimate of drug-likeness (QED) is 0.860. The summed E-state index contributed by atoms with van der Waals surface area (Å²) < 4.78 is 5.68. The van der Waals surface area contributed by atoms with Crippen LogP contribution in [0.15, 0.2) is 42.5 Å². The summed E-state index contributed by atoms with van der Waals surface area (Å²) in [7, 11) is 0. The lowest BCUT2D eigenvalue weighted by atomic mass is 10.1. The molecule has 0 aromatic heterocycles. The van der Waals surface area contributed by atoms with E-state index in [-0.39, 0.29) is 12.5 Å². The second kappa shape index (κ2) is 7.27. The van der Waals surface area contributed by atoms with E-state index in [1.807, 2.05) is 42.5 Å². The normalized spacial score (nSPS) is 17.5. The molecule has 1 saturated heterocycles. The maximum absolute atomic E-state index is 11.9. The molecule has 1 heterocycles. The van der Waals surface area contributed by atoms with Crippen molar-refractivity contribution in [3.63, 3.8) is 0 Å². The number of nitrogens with one attached hydrogen (secondary N) is 2. The standard InChI is InChI=1S/C18H22N2O2/c21-18(20-11-9-14-8-10-19-12-14)13-22-17-7-3-5-15-4-1-2-6-16(15)17/h1-7,14,19H,8-13H2,(H,20,21). The van der Waals surface area contributed by atoms with Gasteiger partial charge in [0.15, 0.2) is 6.61 Å². The zero-order valence-corrected chi connectivity index (χ0v) is 12.7. The Hall–Kier alpha value is -2.07. The van der Waals surface area contributed by atoms with Crippen LogP contribution in [0.4, 0.5) is 0 Å². The third-order valence-electron chi connectivity index (χ3n) is 4.15. The van der Waals surface area contributed by atoms with Gasteiger partial charge in [0.2, 0.25) is 0 Å². The number of ether oxygens (including phenoxy) is 1. The van der Waals surface area contributed by atoms with E-state index < -0.39 is 0 Å². The number of carbonyl (C=O) groups excluding carboxylic acids is 1. The Bertz CT molecular complexity index is 631. The van der Waals surface area contributed by atoms with E-state index in [1.165, 1.54) is 6.42 Å². The highest BCUT2D eigenvalue weighted by molar-refractivity contribution is 5.88. The minimum Gasteiger partial charge on any atom is -0.483 e. The molecule has 0 bridgehead atoms. The fourth-order valence-electron chi connectivity index (χ4n) is 2.89. The summed E-state index contributed by atoms with van der Waals surface area (Å²) in [5, 5.41) is 8.43. The van der Waals surface area contributed by atoms with Gasteiger partial charge in [-0.05, 0) is 43.3 Å². The van der Waals surface area contributed by atoms with Crippen LogP contribution in [0.3, 0.4) is 0 Å². The molecule has 0 spiro atoms. The molecule has 1 aliphatic rings. The Morgan fingerprint density at radius 2 is 2.09 bits per heavy atom. The molecule has 4 heteroatoms. The first kappa shape index (κ1) is 14.9. The third-order valence-corrected chi connectivity index (χ3v) is 4.15. The highest BCUT2D eigenvalue weighted by atomic mass is 16.5. The van der Waals surface area contributed by atoms with Gasteiger partial charge >= 0.3 is 0 Å². The molecule has 22 heavy (non-hydrogen) atoms. The van der Waals surface area contributed by atoms with E-state index >= 15 is 0 Å². The first-order chi connectivity index (χ1) is 10.8. The fraction of sp³-hybridized carbons (Fsp3) is 0.389. The van der Waals surface area contributed by atoms with Crippen molar-refractivity contribution in [3.05, 3.63) is 42.5 Å². The van der Waals surface area contributed by atoms with Gasteiger partial charge in [-0.15, -0.1) is 0 Å². The van der Waals surface area contributed by atoms with Crippen molar-refractivity contribution >= 4 is 16.7 Å². The zero-order chi connectivity index (χ0) is 15.2. The van der Waals surface area contributed by atoms with Gasteiger partial charge < -0.3 is 15.4 Å². The van der Waals surface area contributed by atoms with Crippen LogP contribution in [0.5, 0.6) is 5.75 Å². The smallest absolute Gasteiger partial charge is 0.257 e. The number of hydrogen-bond donors (Lipinski definition) is 2. The molecule has 1 atom stereocenters. The number of benzene rings is 2. The van der Waals surface area contributed by atoms with E-state index in [2.05, 4.69) is 10.6 Å². The van der Waals surface area contributed by atoms with Gasteiger partial charge in [0.25, 0.3) is 5.91 Å². The molecule has 116 valence electrons. The molecule has 1 aliphatic heterocycles. The van der Waals surface area contributed by atoms with Crippen molar-refractivity contribution in [3.8, 4) is 5.75 Å². The van der Waals surface area contributed by atoms with Crippen LogP contribution in [-0.4, -0.2) is 32.1 Å². The summed E-state index contributed by atoms with van der Waals surface area (Å²) >= 11 is 0. The van der Waals surface area contributed by atoms with E-state index in [4.69, 9.17) is 4.74 Å². The van der Waals surface area contributed by atoms with Gasteiger partial charge in [0, 0.05) is 11.9 Å². The van der Waals surface area contributed by atoms with Crippen molar-refractivity contribution in [1.29, 1.82) is 0 Å². The number of rotatable bonds is 6. The van der Waals surface area contributed by atoms with Crippen LogP contribution >= 0.6 is 0 Å². The largest absolute Gasteiger partial charge is 0.483 e. The fourth-order valence-corrected chi connectivity index (χ4v) is 2.89. The SMILES string of the molecule is O=C(COc1cccc2ccccc12)NCCC1CCNC1. The van der Waals surface area contributed by atoms with Crippen LogP contribution in [0.2, 0.25) is 0 Å². The Morgan fingerprint density at radius 1 is 1.23 bits per heavy atom. The highest BCUT2D eigenvalue weighted by Gasteiger charge is 2.14. The Balaban J connectivity index is 1.47. The van der Waals surface area contributed by atoms with Crippen molar-refractivity contribution < 1.29 is 9.53 Å². The maximum atomic E-state index is 11.9.